The van der Waals surface area contributed by atoms with Gasteiger partial charge in [-0.2, -0.15) is 5.10 Å². The van der Waals surface area contributed by atoms with E-state index in [1.807, 2.05) is 35.3 Å². The van der Waals surface area contributed by atoms with Crippen LogP contribution in [0.4, 0.5) is 0 Å². The van der Waals surface area contributed by atoms with Gasteiger partial charge in [0.1, 0.15) is 5.75 Å². The van der Waals surface area contributed by atoms with E-state index in [-0.39, 0.29) is 6.61 Å². The quantitative estimate of drug-likeness (QED) is 0.740. The maximum absolute atomic E-state index is 10.7. The van der Waals surface area contributed by atoms with Gasteiger partial charge in [0.2, 0.25) is 0 Å². The Balaban J connectivity index is 1.51. The lowest BCUT2D eigenvalue weighted by Gasteiger charge is -2.33. The molecular weight excluding hydrogens is 366 g/mol. The van der Waals surface area contributed by atoms with Crippen molar-refractivity contribution >= 4 is 23.8 Å². The van der Waals surface area contributed by atoms with E-state index in [0.717, 1.165) is 43.3 Å². The Hall–Kier alpha value is -2.57. The number of ether oxygens (including phenoxy) is 1. The van der Waals surface area contributed by atoms with Crippen molar-refractivity contribution in [1.29, 1.82) is 0 Å². The van der Waals surface area contributed by atoms with Gasteiger partial charge in [0.05, 0.1) is 6.21 Å². The van der Waals surface area contributed by atoms with Crippen molar-refractivity contribution in [3.63, 3.8) is 0 Å². The summed E-state index contributed by atoms with van der Waals surface area (Å²) in [5.74, 6) is -0.483. The van der Waals surface area contributed by atoms with E-state index in [0.29, 0.717) is 5.75 Å². The molecule has 0 aliphatic carbocycles. The highest BCUT2D eigenvalue weighted by molar-refractivity contribution is 6.30. The predicted molar refractivity (Wildman–Crippen MR) is 105 cm³/mol. The molecule has 2 aromatic rings. The lowest BCUT2D eigenvalue weighted by Crippen LogP contribution is -2.43. The molecule has 0 amide bonds. The van der Waals surface area contributed by atoms with Gasteiger partial charge in [0.25, 0.3) is 0 Å². The number of hydrazone groups is 1. The van der Waals surface area contributed by atoms with E-state index >= 15 is 0 Å². The maximum atomic E-state index is 10.7. The molecule has 1 aliphatic rings. The number of nitrogens with zero attached hydrogens (tertiary/aromatic N) is 3. The number of carbonyl (C=O) groups is 1. The minimum atomic E-state index is -1.00. The summed E-state index contributed by atoms with van der Waals surface area (Å²) in [6, 6.07) is 15.2. The molecular formula is C20H22ClN3O3. The molecule has 1 heterocycles. The van der Waals surface area contributed by atoms with Gasteiger partial charge in [-0.3, -0.25) is 9.91 Å². The molecule has 6 nitrogen and oxygen atoms in total. The predicted octanol–water partition coefficient (Wildman–Crippen LogP) is 2.96. The Morgan fingerprint density at radius 2 is 1.81 bits per heavy atom. The molecule has 0 atom stereocenters. The zero-order valence-electron chi connectivity index (χ0n) is 14.9. The van der Waals surface area contributed by atoms with E-state index in [1.165, 1.54) is 5.56 Å². The summed E-state index contributed by atoms with van der Waals surface area (Å²) in [7, 11) is 0. The lowest BCUT2D eigenvalue weighted by atomic mass is 10.2. The number of halogens is 1. The molecule has 1 fully saturated rings. The molecule has 3 rings (SSSR count). The SMILES string of the molecule is O=C(O)COc1ccccc1/C=N\N1CCN(Cc2ccc(Cl)cc2)CC1. The number of carboxylic acids is 1. The first kappa shape index (κ1) is 19.2. The van der Waals surface area contributed by atoms with Crippen LogP contribution in [0.2, 0.25) is 5.02 Å². The summed E-state index contributed by atoms with van der Waals surface area (Å²) >= 11 is 5.93. The van der Waals surface area contributed by atoms with Crippen LogP contribution in [-0.4, -0.2) is 60.0 Å². The average molecular weight is 388 g/mol. The highest BCUT2D eigenvalue weighted by atomic mass is 35.5. The van der Waals surface area contributed by atoms with Gasteiger partial charge in [-0.15, -0.1) is 0 Å². The average Bonchev–Trinajstić information content (AvgIpc) is 2.68. The molecule has 0 spiro atoms. The fraction of sp³-hybridized carbons (Fsp3) is 0.300. The Morgan fingerprint density at radius 3 is 2.52 bits per heavy atom. The summed E-state index contributed by atoms with van der Waals surface area (Å²) in [6.45, 7) is 4.06. The number of piperazine rings is 1. The normalized spacial score (nSPS) is 15.2. The van der Waals surface area contributed by atoms with E-state index < -0.39 is 5.97 Å². The van der Waals surface area contributed by atoms with Crippen LogP contribution in [0.15, 0.2) is 53.6 Å². The largest absolute Gasteiger partial charge is 0.481 e. The molecule has 1 N–H and O–H groups in total. The van der Waals surface area contributed by atoms with E-state index in [2.05, 4.69) is 22.1 Å². The lowest BCUT2D eigenvalue weighted by molar-refractivity contribution is -0.139. The topological polar surface area (TPSA) is 65.4 Å². The number of carboxylic acid groups (broad SMARTS) is 1. The Bertz CT molecular complexity index is 787. The highest BCUT2D eigenvalue weighted by Gasteiger charge is 2.15. The van der Waals surface area contributed by atoms with Gasteiger partial charge in [0.15, 0.2) is 6.61 Å². The van der Waals surface area contributed by atoms with Crippen molar-refractivity contribution in [2.75, 3.05) is 32.8 Å². The summed E-state index contributed by atoms with van der Waals surface area (Å²) < 4.78 is 5.30. The van der Waals surface area contributed by atoms with Crippen LogP contribution in [0.25, 0.3) is 0 Å². The second-order valence-corrected chi connectivity index (χ2v) is 6.76. The standard InChI is InChI=1S/C20H22ClN3O3/c21-18-7-5-16(6-8-18)14-23-9-11-24(12-10-23)22-13-17-3-1-2-4-19(17)27-15-20(25)26/h1-8,13H,9-12,14-15H2,(H,25,26)/b22-13-. The fourth-order valence-electron chi connectivity index (χ4n) is 2.86. The highest BCUT2D eigenvalue weighted by Crippen LogP contribution is 2.17. The van der Waals surface area contributed by atoms with Crippen LogP contribution >= 0.6 is 11.6 Å². The first-order valence-electron chi connectivity index (χ1n) is 8.79. The molecule has 0 aromatic heterocycles. The summed E-state index contributed by atoms with van der Waals surface area (Å²) in [6.07, 6.45) is 1.73. The molecule has 7 heteroatoms. The molecule has 1 saturated heterocycles. The van der Waals surface area contributed by atoms with Crippen LogP contribution in [-0.2, 0) is 11.3 Å². The number of hydrogen-bond acceptors (Lipinski definition) is 5. The molecule has 27 heavy (non-hydrogen) atoms. The summed E-state index contributed by atoms with van der Waals surface area (Å²) in [5.41, 5.74) is 2.02. The summed E-state index contributed by atoms with van der Waals surface area (Å²) in [5, 5.41) is 16.1. The van der Waals surface area contributed by atoms with Crippen LogP contribution in [0.1, 0.15) is 11.1 Å². The van der Waals surface area contributed by atoms with Crippen LogP contribution in [0.3, 0.4) is 0 Å². The molecule has 0 saturated carbocycles. The van der Waals surface area contributed by atoms with E-state index in [4.69, 9.17) is 21.4 Å². The fourth-order valence-corrected chi connectivity index (χ4v) is 2.99. The number of hydrogen-bond donors (Lipinski definition) is 1. The number of benzene rings is 2. The van der Waals surface area contributed by atoms with Crippen molar-refractivity contribution in [3.8, 4) is 5.75 Å². The molecule has 142 valence electrons. The van der Waals surface area contributed by atoms with Gasteiger partial charge < -0.3 is 9.84 Å². The Morgan fingerprint density at radius 1 is 1.11 bits per heavy atom. The first-order valence-corrected chi connectivity index (χ1v) is 9.17. The van der Waals surface area contributed by atoms with Gasteiger partial charge in [-0.25, -0.2) is 4.79 Å². The van der Waals surface area contributed by atoms with Crippen LogP contribution < -0.4 is 4.74 Å². The Kier molecular flexibility index (Phi) is 6.68. The van der Waals surface area contributed by atoms with Gasteiger partial charge in [0, 0.05) is 43.3 Å². The third kappa shape index (κ3) is 5.98. The van der Waals surface area contributed by atoms with Crippen molar-refractivity contribution in [2.24, 2.45) is 5.10 Å². The van der Waals surface area contributed by atoms with Crippen LogP contribution in [0.5, 0.6) is 5.75 Å². The zero-order chi connectivity index (χ0) is 19.1. The van der Waals surface area contributed by atoms with Crippen LogP contribution in [0, 0.1) is 0 Å². The smallest absolute Gasteiger partial charge is 0.341 e. The van der Waals surface area contributed by atoms with Crippen molar-refractivity contribution in [2.45, 2.75) is 6.54 Å². The van der Waals surface area contributed by atoms with Crippen molar-refractivity contribution in [1.82, 2.24) is 9.91 Å². The summed E-state index contributed by atoms with van der Waals surface area (Å²) in [4.78, 5) is 13.1. The minimum Gasteiger partial charge on any atom is -0.481 e. The third-order valence-electron chi connectivity index (χ3n) is 4.30. The van der Waals surface area contributed by atoms with Crippen molar-refractivity contribution < 1.29 is 14.6 Å². The maximum Gasteiger partial charge on any atom is 0.341 e. The molecule has 2 aromatic carbocycles. The molecule has 1 aliphatic heterocycles. The number of aliphatic carboxylic acids is 1. The molecule has 0 radical (unpaired) electrons. The number of rotatable bonds is 7. The molecule has 0 bridgehead atoms. The van der Waals surface area contributed by atoms with Gasteiger partial charge in [-0.05, 0) is 29.8 Å². The monoisotopic (exact) mass is 387 g/mol. The van der Waals surface area contributed by atoms with Crippen molar-refractivity contribution in [3.05, 3.63) is 64.7 Å². The van der Waals surface area contributed by atoms with E-state index in [9.17, 15) is 4.79 Å². The first-order chi connectivity index (χ1) is 13.1. The van der Waals surface area contributed by atoms with Gasteiger partial charge in [-0.1, -0.05) is 35.9 Å². The van der Waals surface area contributed by atoms with Gasteiger partial charge >= 0.3 is 5.97 Å². The third-order valence-corrected chi connectivity index (χ3v) is 4.55. The second-order valence-electron chi connectivity index (χ2n) is 6.32. The molecule has 0 unspecified atom stereocenters. The Labute approximate surface area is 163 Å². The van der Waals surface area contributed by atoms with E-state index in [1.54, 1.807) is 12.3 Å². The zero-order valence-corrected chi connectivity index (χ0v) is 15.7. The minimum absolute atomic E-state index is 0.367. The second kappa shape index (κ2) is 9.39. The number of para-hydroxylation sites is 1.